The summed E-state index contributed by atoms with van der Waals surface area (Å²) in [6.07, 6.45) is 0. The molecule has 152 valence electrons. The van der Waals surface area contributed by atoms with Crippen molar-refractivity contribution in [2.24, 2.45) is 0 Å². The molecule has 0 spiro atoms. The minimum atomic E-state index is -0.656. The highest BCUT2D eigenvalue weighted by atomic mass is 79.9. The molecule has 3 aromatic rings. The first-order chi connectivity index (χ1) is 14.4. The SMILES string of the molecule is Cc1cc(Br)c(NC(=O)COC(=O)C2c3ccccc3Oc3ccccc32)c(Br)c1. The fourth-order valence-electron chi connectivity index (χ4n) is 3.38. The number of carbonyl (C=O) groups is 2. The summed E-state index contributed by atoms with van der Waals surface area (Å²) in [5, 5.41) is 2.77. The molecule has 0 unspecified atom stereocenters. The Kier molecular flexibility index (Phi) is 5.92. The summed E-state index contributed by atoms with van der Waals surface area (Å²) in [6.45, 7) is 1.56. The Morgan fingerprint density at radius 1 is 0.967 bits per heavy atom. The summed E-state index contributed by atoms with van der Waals surface area (Å²) >= 11 is 6.88. The zero-order valence-electron chi connectivity index (χ0n) is 15.9. The average Bonchev–Trinajstić information content (AvgIpc) is 2.72. The van der Waals surface area contributed by atoms with Crippen LogP contribution in [0.5, 0.6) is 11.5 Å². The number of para-hydroxylation sites is 2. The summed E-state index contributed by atoms with van der Waals surface area (Å²) < 4.78 is 12.8. The fraction of sp³-hybridized carbons (Fsp3) is 0.130. The van der Waals surface area contributed by atoms with E-state index in [4.69, 9.17) is 9.47 Å². The number of hydrogen-bond acceptors (Lipinski definition) is 4. The second-order valence-electron chi connectivity index (χ2n) is 6.87. The summed E-state index contributed by atoms with van der Waals surface area (Å²) in [5.41, 5.74) is 3.05. The molecule has 1 amide bonds. The number of halogens is 2. The van der Waals surface area contributed by atoms with Gasteiger partial charge in [-0.05, 0) is 68.6 Å². The van der Waals surface area contributed by atoms with Gasteiger partial charge in [-0.2, -0.15) is 0 Å². The predicted molar refractivity (Wildman–Crippen MR) is 121 cm³/mol. The van der Waals surface area contributed by atoms with Crippen LogP contribution in [0.4, 0.5) is 5.69 Å². The lowest BCUT2D eigenvalue weighted by atomic mass is 9.88. The largest absolute Gasteiger partial charge is 0.457 e. The minimum absolute atomic E-state index is 0.396. The number of ether oxygens (including phenoxy) is 2. The van der Waals surface area contributed by atoms with E-state index in [0.717, 1.165) is 14.5 Å². The van der Waals surface area contributed by atoms with Gasteiger partial charge in [0, 0.05) is 20.1 Å². The maximum atomic E-state index is 13.0. The molecule has 4 rings (SSSR count). The predicted octanol–water partition coefficient (Wildman–Crippen LogP) is 5.94. The Morgan fingerprint density at radius 3 is 2.07 bits per heavy atom. The second-order valence-corrected chi connectivity index (χ2v) is 8.58. The average molecular weight is 531 g/mol. The van der Waals surface area contributed by atoms with Crippen molar-refractivity contribution in [1.82, 2.24) is 0 Å². The quantitative estimate of drug-likeness (QED) is 0.424. The van der Waals surface area contributed by atoms with Gasteiger partial charge in [-0.25, -0.2) is 0 Å². The molecule has 30 heavy (non-hydrogen) atoms. The molecule has 7 heteroatoms. The van der Waals surface area contributed by atoms with E-state index < -0.39 is 24.4 Å². The first-order valence-electron chi connectivity index (χ1n) is 9.22. The molecular weight excluding hydrogens is 514 g/mol. The van der Waals surface area contributed by atoms with E-state index in [1.165, 1.54) is 0 Å². The van der Waals surface area contributed by atoms with Crippen LogP contribution in [0.1, 0.15) is 22.6 Å². The van der Waals surface area contributed by atoms with Gasteiger partial charge in [0.25, 0.3) is 5.91 Å². The first kappa shape index (κ1) is 20.6. The van der Waals surface area contributed by atoms with Crippen LogP contribution < -0.4 is 10.1 Å². The van der Waals surface area contributed by atoms with Gasteiger partial charge in [0.1, 0.15) is 17.4 Å². The molecule has 0 aromatic heterocycles. The number of carbonyl (C=O) groups excluding carboxylic acids is 2. The molecule has 5 nitrogen and oxygen atoms in total. The van der Waals surface area contributed by atoms with Gasteiger partial charge >= 0.3 is 5.97 Å². The molecule has 0 atom stereocenters. The molecule has 1 N–H and O–H groups in total. The maximum Gasteiger partial charge on any atom is 0.318 e. The Bertz CT molecular complexity index is 1080. The number of esters is 1. The molecule has 0 saturated heterocycles. The zero-order chi connectivity index (χ0) is 21.3. The topological polar surface area (TPSA) is 64.6 Å². The van der Waals surface area contributed by atoms with Crippen LogP contribution in [0.2, 0.25) is 0 Å². The van der Waals surface area contributed by atoms with Crippen LogP contribution in [0, 0.1) is 6.92 Å². The van der Waals surface area contributed by atoms with Crippen molar-refractivity contribution in [3.8, 4) is 11.5 Å². The van der Waals surface area contributed by atoms with Crippen molar-refractivity contribution in [2.75, 3.05) is 11.9 Å². The molecule has 3 aromatic carbocycles. The molecule has 0 fully saturated rings. The van der Waals surface area contributed by atoms with Crippen molar-refractivity contribution in [1.29, 1.82) is 0 Å². The van der Waals surface area contributed by atoms with Crippen molar-refractivity contribution >= 4 is 49.4 Å². The normalized spacial score (nSPS) is 12.4. The van der Waals surface area contributed by atoms with Gasteiger partial charge < -0.3 is 14.8 Å². The van der Waals surface area contributed by atoms with E-state index in [-0.39, 0.29) is 0 Å². The van der Waals surface area contributed by atoms with Gasteiger partial charge in [0.2, 0.25) is 0 Å². The van der Waals surface area contributed by atoms with E-state index in [1.54, 1.807) is 0 Å². The third-order valence-corrected chi connectivity index (χ3v) is 5.96. The lowest BCUT2D eigenvalue weighted by molar-refractivity contribution is -0.148. The third kappa shape index (κ3) is 4.13. The highest BCUT2D eigenvalue weighted by Gasteiger charge is 2.33. The van der Waals surface area contributed by atoms with E-state index in [9.17, 15) is 9.59 Å². The van der Waals surface area contributed by atoms with Crippen LogP contribution in [-0.2, 0) is 14.3 Å². The van der Waals surface area contributed by atoms with Crippen LogP contribution >= 0.6 is 31.9 Å². The molecule has 0 saturated carbocycles. The van der Waals surface area contributed by atoms with Gasteiger partial charge in [-0.15, -0.1) is 0 Å². The molecule has 1 aliphatic rings. The van der Waals surface area contributed by atoms with Gasteiger partial charge in [-0.1, -0.05) is 36.4 Å². The second kappa shape index (κ2) is 8.62. The third-order valence-electron chi connectivity index (χ3n) is 4.71. The number of hydrogen-bond donors (Lipinski definition) is 1. The Labute approximate surface area is 190 Å². The monoisotopic (exact) mass is 529 g/mol. The molecule has 0 bridgehead atoms. The Morgan fingerprint density at radius 2 is 1.50 bits per heavy atom. The van der Waals surface area contributed by atoms with Gasteiger partial charge in [0.05, 0.1) is 5.69 Å². The molecule has 1 heterocycles. The molecule has 0 aliphatic carbocycles. The molecule has 1 aliphatic heterocycles. The minimum Gasteiger partial charge on any atom is -0.457 e. The van der Waals surface area contributed by atoms with Gasteiger partial charge in [-0.3, -0.25) is 9.59 Å². The van der Waals surface area contributed by atoms with Crippen molar-refractivity contribution in [3.63, 3.8) is 0 Å². The Hall–Kier alpha value is -2.64. The lowest BCUT2D eigenvalue weighted by Crippen LogP contribution is -2.26. The molecular formula is C23H17Br2NO4. The van der Waals surface area contributed by atoms with Crippen LogP contribution in [0.25, 0.3) is 0 Å². The number of anilines is 1. The number of fused-ring (bicyclic) bond motifs is 2. The number of amides is 1. The maximum absolute atomic E-state index is 13.0. The standard InChI is InChI=1S/C23H17Br2NO4/c1-13-10-16(24)22(17(25)11-13)26-20(27)12-29-23(28)21-14-6-2-4-8-18(14)30-19-9-5-3-7-15(19)21/h2-11,21H,12H2,1H3,(H,26,27). The van der Waals surface area contributed by atoms with E-state index >= 15 is 0 Å². The highest BCUT2D eigenvalue weighted by molar-refractivity contribution is 9.11. The smallest absolute Gasteiger partial charge is 0.318 e. The lowest BCUT2D eigenvalue weighted by Gasteiger charge is -2.26. The number of nitrogens with one attached hydrogen (secondary N) is 1. The van der Waals surface area contributed by atoms with E-state index in [1.807, 2.05) is 67.6 Å². The number of rotatable bonds is 4. The summed E-state index contributed by atoms with van der Waals surface area (Å²) in [4.78, 5) is 25.4. The van der Waals surface area contributed by atoms with Crippen molar-refractivity contribution < 1.29 is 19.1 Å². The van der Waals surface area contributed by atoms with Crippen LogP contribution in [0.15, 0.2) is 69.6 Å². The zero-order valence-corrected chi connectivity index (χ0v) is 19.1. The van der Waals surface area contributed by atoms with Gasteiger partial charge in [0.15, 0.2) is 6.61 Å². The highest BCUT2D eigenvalue weighted by Crippen LogP contribution is 2.44. The summed E-state index contributed by atoms with van der Waals surface area (Å²) in [7, 11) is 0. The van der Waals surface area contributed by atoms with E-state index in [0.29, 0.717) is 28.3 Å². The first-order valence-corrected chi connectivity index (χ1v) is 10.8. The van der Waals surface area contributed by atoms with Crippen LogP contribution in [0.3, 0.4) is 0 Å². The summed E-state index contributed by atoms with van der Waals surface area (Å²) in [6, 6.07) is 18.4. The Balaban J connectivity index is 1.51. The van der Waals surface area contributed by atoms with Crippen LogP contribution in [-0.4, -0.2) is 18.5 Å². The summed E-state index contributed by atoms with van der Waals surface area (Å²) in [5.74, 6) is -0.375. The van der Waals surface area contributed by atoms with Crippen molar-refractivity contribution in [2.45, 2.75) is 12.8 Å². The van der Waals surface area contributed by atoms with E-state index in [2.05, 4.69) is 37.2 Å². The number of aryl methyl sites for hydroxylation is 1. The molecule has 0 radical (unpaired) electrons. The van der Waals surface area contributed by atoms with Crippen molar-refractivity contribution in [3.05, 3.63) is 86.3 Å². The fourth-order valence-corrected chi connectivity index (χ4v) is 4.99. The number of benzene rings is 3.